The van der Waals surface area contributed by atoms with Crippen LogP contribution >= 0.6 is 0 Å². The second kappa shape index (κ2) is 11.3. The fourth-order valence-corrected chi connectivity index (χ4v) is 4.08. The number of carbonyl (C=O) groups excluding carboxylic acids is 1. The Kier molecular flexibility index (Phi) is 7.94. The van der Waals surface area contributed by atoms with Gasteiger partial charge in [0.1, 0.15) is 7.05 Å². The number of pyridine rings is 1. The Labute approximate surface area is 208 Å². The summed E-state index contributed by atoms with van der Waals surface area (Å²) in [7, 11) is 4.14. The average molecular weight is 474 g/mol. The molecule has 0 spiro atoms. The topological polar surface area (TPSA) is 77.6 Å². The van der Waals surface area contributed by atoms with E-state index in [-0.39, 0.29) is 11.9 Å². The predicted octanol–water partition coefficient (Wildman–Crippen LogP) is 3.45. The van der Waals surface area contributed by atoms with Gasteiger partial charge in [-0.3, -0.25) is 14.7 Å². The highest BCUT2D eigenvalue weighted by Crippen LogP contribution is 2.24. The number of likely N-dealkylation sites (N-methyl/N-ethyl adjacent to an activating group) is 1. The first-order chi connectivity index (χ1) is 16.9. The van der Waals surface area contributed by atoms with Gasteiger partial charge in [-0.15, -0.1) is 0 Å². The van der Waals surface area contributed by atoms with Gasteiger partial charge in [0.25, 0.3) is 5.91 Å². The Morgan fingerprint density at radius 3 is 2.74 bits per heavy atom. The van der Waals surface area contributed by atoms with Gasteiger partial charge in [-0.2, -0.15) is 6.20 Å². The Bertz CT molecular complexity index is 1150. The number of allylic oxidation sites excluding steroid dienone is 1. The molecule has 3 heterocycles. The second-order valence-electron chi connectivity index (χ2n) is 9.31. The molecule has 2 aromatic rings. The van der Waals surface area contributed by atoms with E-state index >= 15 is 0 Å². The molecule has 4 rings (SSSR count). The Morgan fingerprint density at radius 2 is 2.03 bits per heavy atom. The summed E-state index contributed by atoms with van der Waals surface area (Å²) in [5, 5.41) is 10.7. The van der Waals surface area contributed by atoms with Gasteiger partial charge in [-0.25, -0.2) is 4.58 Å². The number of carbonyl (C=O) groups is 1. The zero-order chi connectivity index (χ0) is 24.8. The van der Waals surface area contributed by atoms with Crippen molar-refractivity contribution in [2.45, 2.75) is 26.4 Å². The molecule has 0 saturated carbocycles. The van der Waals surface area contributed by atoms with Crippen molar-refractivity contribution in [2.75, 3.05) is 45.6 Å². The van der Waals surface area contributed by atoms with Crippen LogP contribution in [0.1, 0.15) is 40.1 Å². The lowest BCUT2D eigenvalue weighted by atomic mass is 10.1. The van der Waals surface area contributed by atoms with E-state index in [1.165, 1.54) is 0 Å². The average Bonchev–Trinajstić information content (AvgIpc) is 2.83. The molecule has 1 aromatic heterocycles. The monoisotopic (exact) mass is 473 g/mol. The lowest BCUT2D eigenvalue weighted by Crippen LogP contribution is -2.44. The van der Waals surface area contributed by atoms with E-state index in [2.05, 4.69) is 37.8 Å². The predicted molar refractivity (Wildman–Crippen MR) is 141 cm³/mol. The molecule has 1 unspecified atom stereocenters. The van der Waals surface area contributed by atoms with Crippen molar-refractivity contribution in [3.63, 3.8) is 0 Å². The normalized spacial score (nSPS) is 17.4. The van der Waals surface area contributed by atoms with Crippen molar-refractivity contribution >= 4 is 17.8 Å². The summed E-state index contributed by atoms with van der Waals surface area (Å²) in [6, 6.07) is 9.70. The summed E-state index contributed by atoms with van der Waals surface area (Å²) in [4.78, 5) is 22.3. The summed E-state index contributed by atoms with van der Waals surface area (Å²) in [5.74, 6) is -0.160. The number of nitrogens with one attached hydrogen (secondary N) is 2. The molecule has 0 aliphatic carbocycles. The van der Waals surface area contributed by atoms with E-state index in [0.29, 0.717) is 5.56 Å². The van der Waals surface area contributed by atoms with Gasteiger partial charge in [0.15, 0.2) is 18.1 Å². The highest BCUT2D eigenvalue weighted by atomic mass is 16.1. The van der Waals surface area contributed by atoms with Gasteiger partial charge in [0, 0.05) is 44.6 Å². The zero-order valence-electron chi connectivity index (χ0n) is 21.0. The minimum Gasteiger partial charge on any atom is -0.683 e. The molecule has 1 aromatic carbocycles. The van der Waals surface area contributed by atoms with Gasteiger partial charge < -0.3 is 20.9 Å². The quantitative estimate of drug-likeness (QED) is 0.546. The molecule has 0 radical (unpaired) electrons. The van der Waals surface area contributed by atoms with Crippen LogP contribution in [0.25, 0.3) is 5.32 Å². The SMILES string of the molecule is Cc1cc(C(=O)Nc2cccc(C(C)[N-]C=CNC3=C[N+](C)=C3)c2)cnc1CN1CCN(C)CC1. The van der Waals surface area contributed by atoms with Gasteiger partial charge in [-0.1, -0.05) is 30.7 Å². The molecular weight excluding hydrogens is 438 g/mol. The molecule has 1 saturated heterocycles. The zero-order valence-corrected chi connectivity index (χ0v) is 21.0. The second-order valence-corrected chi connectivity index (χ2v) is 9.31. The first-order valence-corrected chi connectivity index (χ1v) is 12.1. The summed E-state index contributed by atoms with van der Waals surface area (Å²) in [5.41, 5.74) is 5.46. The molecule has 1 amide bonds. The molecular formula is C27H35N7O. The fourth-order valence-electron chi connectivity index (χ4n) is 4.08. The van der Waals surface area contributed by atoms with Crippen LogP contribution in [0.3, 0.4) is 0 Å². The van der Waals surface area contributed by atoms with E-state index in [0.717, 1.165) is 60.9 Å². The number of hydrogen-bond acceptors (Lipinski definition) is 5. The van der Waals surface area contributed by atoms with Gasteiger partial charge in [0.2, 0.25) is 0 Å². The number of piperazine rings is 1. The molecule has 8 heteroatoms. The molecule has 2 N–H and O–H groups in total. The number of benzene rings is 1. The summed E-state index contributed by atoms with van der Waals surface area (Å²) in [6.07, 6.45) is 9.26. The highest BCUT2D eigenvalue weighted by molar-refractivity contribution is 6.04. The maximum atomic E-state index is 12.9. The number of anilines is 1. The number of aromatic nitrogens is 1. The first kappa shape index (κ1) is 24.6. The minimum atomic E-state index is -0.160. The van der Waals surface area contributed by atoms with Crippen LogP contribution in [0.5, 0.6) is 0 Å². The Balaban J connectivity index is 1.31. The number of rotatable bonds is 9. The lowest BCUT2D eigenvalue weighted by Gasteiger charge is -2.32. The number of aryl methyl sites for hydroxylation is 1. The molecule has 184 valence electrons. The third-order valence-corrected chi connectivity index (χ3v) is 6.36. The molecule has 2 aliphatic rings. The molecule has 0 bridgehead atoms. The van der Waals surface area contributed by atoms with Crippen molar-refractivity contribution < 1.29 is 9.37 Å². The van der Waals surface area contributed by atoms with Crippen molar-refractivity contribution in [2.24, 2.45) is 0 Å². The van der Waals surface area contributed by atoms with Crippen LogP contribution in [-0.2, 0) is 6.54 Å². The third kappa shape index (κ3) is 6.77. The molecule has 1 atom stereocenters. The van der Waals surface area contributed by atoms with E-state index in [9.17, 15) is 4.79 Å². The summed E-state index contributed by atoms with van der Waals surface area (Å²) in [6.45, 7) is 9.11. The number of amides is 1. The maximum Gasteiger partial charge on any atom is 0.257 e. The van der Waals surface area contributed by atoms with Crippen LogP contribution in [0.2, 0.25) is 0 Å². The first-order valence-electron chi connectivity index (χ1n) is 12.1. The third-order valence-electron chi connectivity index (χ3n) is 6.36. The summed E-state index contributed by atoms with van der Waals surface area (Å²) >= 11 is 0. The Hall–Kier alpha value is -3.49. The fraction of sp³-hybridized carbons (Fsp3) is 0.370. The largest absolute Gasteiger partial charge is 0.683 e. The molecule has 8 nitrogen and oxygen atoms in total. The molecule has 35 heavy (non-hydrogen) atoms. The highest BCUT2D eigenvalue weighted by Gasteiger charge is 2.16. The summed E-state index contributed by atoms with van der Waals surface area (Å²) < 4.78 is 1.98. The molecule has 1 fully saturated rings. The van der Waals surface area contributed by atoms with E-state index < -0.39 is 0 Å². The van der Waals surface area contributed by atoms with Crippen molar-refractivity contribution in [1.29, 1.82) is 0 Å². The van der Waals surface area contributed by atoms with Crippen molar-refractivity contribution in [1.82, 2.24) is 20.1 Å². The van der Waals surface area contributed by atoms with Crippen molar-refractivity contribution in [3.05, 3.63) is 88.5 Å². The molecule has 2 aliphatic heterocycles. The van der Waals surface area contributed by atoms with E-state index in [1.807, 2.05) is 74.4 Å². The van der Waals surface area contributed by atoms with Gasteiger partial charge in [0.05, 0.1) is 11.3 Å². The minimum absolute atomic E-state index is 0.0373. The van der Waals surface area contributed by atoms with Crippen LogP contribution in [0, 0.1) is 6.92 Å². The van der Waals surface area contributed by atoms with Crippen molar-refractivity contribution in [3.8, 4) is 0 Å². The van der Waals surface area contributed by atoms with Gasteiger partial charge in [-0.05, 0) is 43.9 Å². The van der Waals surface area contributed by atoms with E-state index in [4.69, 9.17) is 0 Å². The standard InChI is InChI=1S/C27H35N7O/c1-20-14-23(16-30-26(20)19-34-12-10-32(3)11-13-34)27(35)31-24-7-5-6-22(15-24)21(2)28-8-9-29-25-17-33(4)18-25/h5-9,14-18,21,29H,10-13,19H2,1-4H3,(H,31,35). The van der Waals surface area contributed by atoms with Crippen LogP contribution < -0.4 is 10.6 Å². The lowest BCUT2D eigenvalue weighted by molar-refractivity contribution is -0.429. The van der Waals surface area contributed by atoms with Crippen LogP contribution in [0.15, 0.2) is 60.8 Å². The Morgan fingerprint density at radius 1 is 1.26 bits per heavy atom. The smallest absolute Gasteiger partial charge is 0.257 e. The van der Waals surface area contributed by atoms with E-state index in [1.54, 1.807) is 12.4 Å². The number of nitrogens with zero attached hydrogens (tertiary/aromatic N) is 5. The maximum absolute atomic E-state index is 12.9. The van der Waals surface area contributed by atoms with Crippen LogP contribution in [-0.4, -0.2) is 71.8 Å². The van der Waals surface area contributed by atoms with Crippen LogP contribution in [0.4, 0.5) is 5.69 Å². The van der Waals surface area contributed by atoms with Gasteiger partial charge >= 0.3 is 0 Å². The number of hydrogen-bond donors (Lipinski definition) is 2.